The van der Waals surface area contributed by atoms with E-state index in [1.165, 1.54) is 18.2 Å². The number of allylic oxidation sites excluding steroid dienone is 2. The normalized spacial score (nSPS) is 21.6. The van der Waals surface area contributed by atoms with E-state index in [0.29, 0.717) is 12.0 Å². The van der Waals surface area contributed by atoms with Gasteiger partial charge in [-0.2, -0.15) is 5.01 Å². The molecule has 3 amide bonds. The molecule has 33 heavy (non-hydrogen) atoms. The summed E-state index contributed by atoms with van der Waals surface area (Å²) in [6.07, 6.45) is 4.06. The van der Waals surface area contributed by atoms with Crippen LogP contribution in [0.4, 0.5) is 5.69 Å². The Hall–Kier alpha value is -4.14. The van der Waals surface area contributed by atoms with Gasteiger partial charge < -0.3 is 0 Å². The van der Waals surface area contributed by atoms with Crippen molar-refractivity contribution in [2.24, 2.45) is 17.8 Å². The molecule has 9 heteroatoms. The number of benzene rings is 2. The number of hydrazine groups is 1. The Labute approximate surface area is 189 Å². The van der Waals surface area contributed by atoms with Crippen LogP contribution in [0.2, 0.25) is 0 Å². The molecule has 1 heterocycles. The van der Waals surface area contributed by atoms with E-state index in [0.717, 1.165) is 16.1 Å². The predicted molar refractivity (Wildman–Crippen MR) is 117 cm³/mol. The molecule has 2 aromatic carbocycles. The van der Waals surface area contributed by atoms with Gasteiger partial charge >= 0.3 is 0 Å². The molecule has 1 aliphatic carbocycles. The van der Waals surface area contributed by atoms with E-state index in [2.05, 4.69) is 0 Å². The summed E-state index contributed by atoms with van der Waals surface area (Å²) in [5, 5.41) is 12.8. The molecule has 0 aromatic heterocycles. The van der Waals surface area contributed by atoms with Crippen molar-refractivity contribution in [2.45, 2.75) is 13.3 Å². The molecular formula is C24H21N3O6. The topological polar surface area (TPSA) is 118 Å². The highest BCUT2D eigenvalue weighted by Crippen LogP contribution is 2.39. The lowest BCUT2D eigenvalue weighted by atomic mass is 9.78. The number of ketones is 1. The number of hydrogen-bond acceptors (Lipinski definition) is 6. The van der Waals surface area contributed by atoms with E-state index >= 15 is 0 Å². The molecule has 0 saturated carbocycles. The Morgan fingerprint density at radius 2 is 1.76 bits per heavy atom. The number of imide groups is 1. The molecule has 0 N–H and O–H groups in total. The van der Waals surface area contributed by atoms with Crippen molar-refractivity contribution in [3.05, 3.63) is 88.0 Å². The van der Waals surface area contributed by atoms with Crippen LogP contribution in [0.15, 0.2) is 66.7 Å². The number of nitrogens with zero attached hydrogens (tertiary/aromatic N) is 3. The van der Waals surface area contributed by atoms with E-state index in [9.17, 15) is 29.3 Å². The van der Waals surface area contributed by atoms with Crippen LogP contribution >= 0.6 is 0 Å². The van der Waals surface area contributed by atoms with Gasteiger partial charge in [-0.05, 0) is 18.4 Å². The van der Waals surface area contributed by atoms with Gasteiger partial charge in [0.2, 0.25) is 0 Å². The molecule has 2 aliphatic rings. The first-order valence-electron chi connectivity index (χ1n) is 10.5. The van der Waals surface area contributed by atoms with E-state index in [1.54, 1.807) is 30.3 Å². The SMILES string of the molecule is C[C@@H]1C=CC[C@@H]2C(=O)N(N(CC(=O)c3ccccc3)C(=O)c3cccc([N+](=O)[O-])c3)C(=O)[C@H]12. The van der Waals surface area contributed by atoms with Crippen LogP contribution in [0.25, 0.3) is 0 Å². The lowest BCUT2D eigenvalue weighted by Crippen LogP contribution is -2.52. The summed E-state index contributed by atoms with van der Waals surface area (Å²) in [5.74, 6) is -3.88. The Morgan fingerprint density at radius 1 is 1.06 bits per heavy atom. The molecule has 1 fully saturated rings. The molecule has 168 valence electrons. The summed E-state index contributed by atoms with van der Waals surface area (Å²) in [5.41, 5.74) is -0.117. The predicted octanol–water partition coefficient (Wildman–Crippen LogP) is 3.03. The zero-order chi connectivity index (χ0) is 23.7. The van der Waals surface area contributed by atoms with Crippen molar-refractivity contribution < 1.29 is 24.1 Å². The number of fused-ring (bicyclic) bond motifs is 1. The van der Waals surface area contributed by atoms with Crippen molar-refractivity contribution in [1.82, 2.24) is 10.0 Å². The van der Waals surface area contributed by atoms with Crippen LogP contribution in [0, 0.1) is 27.9 Å². The summed E-state index contributed by atoms with van der Waals surface area (Å²) in [4.78, 5) is 63.4. The van der Waals surface area contributed by atoms with Crippen molar-refractivity contribution in [3.63, 3.8) is 0 Å². The van der Waals surface area contributed by atoms with Crippen LogP contribution in [-0.4, -0.2) is 45.0 Å². The zero-order valence-electron chi connectivity index (χ0n) is 17.8. The molecule has 3 atom stereocenters. The smallest absolute Gasteiger partial charge is 0.273 e. The molecule has 1 saturated heterocycles. The second kappa shape index (κ2) is 8.78. The average Bonchev–Trinajstić information content (AvgIpc) is 3.08. The van der Waals surface area contributed by atoms with Crippen molar-refractivity contribution in [2.75, 3.05) is 6.54 Å². The first-order valence-corrected chi connectivity index (χ1v) is 10.5. The first kappa shape index (κ1) is 22.1. The second-order valence-corrected chi connectivity index (χ2v) is 8.10. The van der Waals surface area contributed by atoms with Crippen molar-refractivity contribution >= 4 is 29.2 Å². The third kappa shape index (κ3) is 4.05. The Morgan fingerprint density at radius 3 is 2.42 bits per heavy atom. The number of carbonyl (C=O) groups is 4. The summed E-state index contributed by atoms with van der Waals surface area (Å²) in [6, 6.07) is 13.2. The Kier molecular flexibility index (Phi) is 5.87. The maximum absolute atomic E-state index is 13.4. The standard InChI is InChI=1S/C24H21N3O6/c1-15-7-5-12-19-21(15)24(31)26(23(19)30)25(14-20(28)16-8-3-2-4-9-16)22(29)17-10-6-11-18(13-17)27(32)33/h2-11,13,15,19,21H,12,14H2,1H3/t15-,19+,21-/m1/s1. The third-order valence-corrected chi connectivity index (χ3v) is 6.02. The van der Waals surface area contributed by atoms with Gasteiger partial charge in [0.1, 0.15) is 6.54 Å². The van der Waals surface area contributed by atoms with Gasteiger partial charge in [-0.3, -0.25) is 29.3 Å². The van der Waals surface area contributed by atoms with Crippen LogP contribution in [0.5, 0.6) is 0 Å². The Balaban J connectivity index is 1.73. The molecule has 2 aromatic rings. The van der Waals surface area contributed by atoms with E-state index in [-0.39, 0.29) is 17.2 Å². The lowest BCUT2D eigenvalue weighted by molar-refractivity contribution is -0.384. The fourth-order valence-electron chi connectivity index (χ4n) is 4.36. The molecular weight excluding hydrogens is 426 g/mol. The highest BCUT2D eigenvalue weighted by Gasteiger charge is 2.53. The molecule has 9 nitrogen and oxygen atoms in total. The van der Waals surface area contributed by atoms with E-state index in [4.69, 9.17) is 0 Å². The molecule has 1 aliphatic heterocycles. The lowest BCUT2D eigenvalue weighted by Gasteiger charge is -2.30. The first-order chi connectivity index (χ1) is 15.8. The van der Waals surface area contributed by atoms with Crippen LogP contribution in [0.1, 0.15) is 34.1 Å². The van der Waals surface area contributed by atoms with Crippen LogP contribution < -0.4 is 0 Å². The molecule has 0 unspecified atom stereocenters. The largest absolute Gasteiger partial charge is 0.292 e. The molecule has 0 spiro atoms. The molecule has 4 rings (SSSR count). The highest BCUT2D eigenvalue weighted by molar-refractivity contribution is 6.10. The number of nitro benzene ring substituents is 1. The van der Waals surface area contributed by atoms with Gasteiger partial charge in [0, 0.05) is 23.3 Å². The average molecular weight is 447 g/mol. The van der Waals surface area contributed by atoms with Gasteiger partial charge in [-0.25, -0.2) is 5.01 Å². The summed E-state index contributed by atoms with van der Waals surface area (Å²) < 4.78 is 0. The van der Waals surface area contributed by atoms with Crippen molar-refractivity contribution in [3.8, 4) is 0 Å². The molecule has 0 bridgehead atoms. The number of rotatable bonds is 6. The van der Waals surface area contributed by atoms with E-state index < -0.39 is 46.8 Å². The Bertz CT molecular complexity index is 1180. The highest BCUT2D eigenvalue weighted by atomic mass is 16.6. The number of non-ortho nitro benzene ring substituents is 1. The third-order valence-electron chi connectivity index (χ3n) is 6.02. The number of carbonyl (C=O) groups excluding carboxylic acids is 4. The second-order valence-electron chi connectivity index (χ2n) is 8.10. The van der Waals surface area contributed by atoms with Gasteiger partial charge in [0.15, 0.2) is 5.78 Å². The fraction of sp³-hybridized carbons (Fsp3) is 0.250. The summed E-state index contributed by atoms with van der Waals surface area (Å²) in [7, 11) is 0. The van der Waals surface area contributed by atoms with Gasteiger partial charge in [0.25, 0.3) is 23.4 Å². The monoisotopic (exact) mass is 447 g/mol. The van der Waals surface area contributed by atoms with Gasteiger partial charge in [-0.15, -0.1) is 0 Å². The van der Waals surface area contributed by atoms with Crippen LogP contribution in [-0.2, 0) is 9.59 Å². The number of amides is 3. The molecule has 0 radical (unpaired) electrons. The van der Waals surface area contributed by atoms with E-state index in [1.807, 2.05) is 19.1 Å². The number of Topliss-reactive ketones (excluding diaryl/α,β-unsaturated/α-hetero) is 1. The minimum atomic E-state index is -0.844. The minimum Gasteiger partial charge on any atom is -0.292 e. The summed E-state index contributed by atoms with van der Waals surface area (Å²) in [6.45, 7) is 1.26. The van der Waals surface area contributed by atoms with Gasteiger partial charge in [-0.1, -0.05) is 55.5 Å². The van der Waals surface area contributed by atoms with Gasteiger partial charge in [0.05, 0.1) is 16.8 Å². The quantitative estimate of drug-likeness (QED) is 0.221. The fourth-order valence-corrected chi connectivity index (χ4v) is 4.36. The van der Waals surface area contributed by atoms with Crippen molar-refractivity contribution in [1.29, 1.82) is 0 Å². The minimum absolute atomic E-state index is 0.105. The maximum atomic E-state index is 13.4. The summed E-state index contributed by atoms with van der Waals surface area (Å²) >= 11 is 0. The number of hydrogen-bond donors (Lipinski definition) is 0. The maximum Gasteiger partial charge on any atom is 0.273 e. The van der Waals surface area contributed by atoms with Crippen LogP contribution in [0.3, 0.4) is 0 Å². The zero-order valence-corrected chi connectivity index (χ0v) is 17.8. The number of nitro groups is 1.